The van der Waals surface area contributed by atoms with Crippen molar-refractivity contribution in [1.82, 2.24) is 20.4 Å². The Morgan fingerprint density at radius 2 is 1.81 bits per heavy atom. The Labute approximate surface area is 158 Å². The van der Waals surface area contributed by atoms with Crippen molar-refractivity contribution in [3.8, 4) is 5.75 Å². The number of para-hydroxylation sites is 1. The number of nitrogens with zero attached hydrogens (tertiary/aromatic N) is 3. The first kappa shape index (κ1) is 20.5. The van der Waals surface area contributed by atoms with Gasteiger partial charge in [0.2, 0.25) is 0 Å². The van der Waals surface area contributed by atoms with Gasteiger partial charge in [-0.25, -0.2) is 0 Å². The molecule has 0 atom stereocenters. The van der Waals surface area contributed by atoms with Gasteiger partial charge in [-0.05, 0) is 31.5 Å². The summed E-state index contributed by atoms with van der Waals surface area (Å²) < 4.78 is 5.42. The molecule has 0 radical (unpaired) electrons. The van der Waals surface area contributed by atoms with Crippen molar-refractivity contribution < 1.29 is 4.74 Å². The molecule has 26 heavy (non-hydrogen) atoms. The van der Waals surface area contributed by atoms with Crippen LogP contribution in [0.15, 0.2) is 29.3 Å². The number of aliphatic imine (C=N–C) groups is 1. The highest BCUT2D eigenvalue weighted by atomic mass is 16.5. The van der Waals surface area contributed by atoms with Crippen molar-refractivity contribution in [2.45, 2.75) is 20.3 Å². The summed E-state index contributed by atoms with van der Waals surface area (Å²) in [7, 11) is 1.72. The highest BCUT2D eigenvalue weighted by Gasteiger charge is 2.14. The van der Waals surface area contributed by atoms with Gasteiger partial charge in [0, 0.05) is 45.8 Å². The van der Waals surface area contributed by atoms with Crippen LogP contribution in [0.25, 0.3) is 0 Å². The van der Waals surface area contributed by atoms with Gasteiger partial charge in [-0.3, -0.25) is 9.89 Å². The van der Waals surface area contributed by atoms with E-state index in [1.54, 1.807) is 7.11 Å². The molecular weight excluding hydrogens is 326 g/mol. The molecule has 1 aliphatic heterocycles. The second-order valence-corrected chi connectivity index (χ2v) is 6.53. The highest BCUT2D eigenvalue weighted by Crippen LogP contribution is 2.17. The van der Waals surface area contributed by atoms with E-state index in [-0.39, 0.29) is 0 Å². The molecule has 0 aliphatic carbocycles. The fourth-order valence-corrected chi connectivity index (χ4v) is 3.20. The number of hydrogen-bond acceptors (Lipinski definition) is 4. The van der Waals surface area contributed by atoms with Crippen molar-refractivity contribution in [3.05, 3.63) is 29.8 Å². The first-order valence-electron chi connectivity index (χ1n) is 9.85. The van der Waals surface area contributed by atoms with Crippen molar-refractivity contribution in [1.29, 1.82) is 0 Å². The van der Waals surface area contributed by atoms with Crippen LogP contribution in [0.3, 0.4) is 0 Å². The van der Waals surface area contributed by atoms with Crippen LogP contribution in [0.2, 0.25) is 0 Å². The third-order valence-corrected chi connectivity index (χ3v) is 4.82. The Balaban J connectivity index is 1.74. The van der Waals surface area contributed by atoms with Crippen LogP contribution in [0, 0.1) is 0 Å². The van der Waals surface area contributed by atoms with E-state index in [0.717, 1.165) is 63.9 Å². The van der Waals surface area contributed by atoms with E-state index >= 15 is 0 Å². The topological polar surface area (TPSA) is 52.1 Å². The van der Waals surface area contributed by atoms with E-state index in [9.17, 15) is 0 Å². The van der Waals surface area contributed by atoms with E-state index < -0.39 is 0 Å². The number of likely N-dealkylation sites (N-methyl/N-ethyl adjacent to an activating group) is 1. The molecule has 0 bridgehead atoms. The molecule has 0 saturated carbocycles. The second kappa shape index (κ2) is 11.8. The fraction of sp³-hybridized carbons (Fsp3) is 0.650. The zero-order valence-corrected chi connectivity index (χ0v) is 16.6. The predicted octanol–water partition coefficient (Wildman–Crippen LogP) is 1.43. The lowest BCUT2D eigenvalue weighted by molar-refractivity contribution is 0.140. The third kappa shape index (κ3) is 6.84. The lowest BCUT2D eigenvalue weighted by Crippen LogP contribution is -2.47. The molecule has 6 heteroatoms. The van der Waals surface area contributed by atoms with Crippen LogP contribution < -0.4 is 15.4 Å². The van der Waals surface area contributed by atoms with E-state index in [1.165, 1.54) is 18.7 Å². The van der Waals surface area contributed by atoms with Gasteiger partial charge in [-0.15, -0.1) is 0 Å². The van der Waals surface area contributed by atoms with Gasteiger partial charge in [-0.2, -0.15) is 0 Å². The standard InChI is InChI=1S/C20H35N5O/c1-4-21-20(22-11-10-18-8-6-7-9-19(18)26-3)23-12-13-25-16-14-24(5-2)15-17-25/h6-9H,4-5,10-17H2,1-3H3,(H2,21,22,23). The molecule has 146 valence electrons. The lowest BCUT2D eigenvalue weighted by atomic mass is 10.1. The Morgan fingerprint density at radius 1 is 1.08 bits per heavy atom. The Morgan fingerprint density at radius 3 is 2.50 bits per heavy atom. The minimum Gasteiger partial charge on any atom is -0.496 e. The number of methoxy groups -OCH3 is 1. The number of hydrogen-bond donors (Lipinski definition) is 2. The molecule has 1 heterocycles. The summed E-state index contributed by atoms with van der Waals surface area (Å²) in [5, 5.41) is 6.76. The van der Waals surface area contributed by atoms with Crippen LogP contribution in [0.4, 0.5) is 0 Å². The molecular formula is C20H35N5O. The number of piperazine rings is 1. The Bertz CT molecular complexity index is 541. The van der Waals surface area contributed by atoms with Crippen LogP contribution >= 0.6 is 0 Å². The smallest absolute Gasteiger partial charge is 0.191 e. The van der Waals surface area contributed by atoms with E-state index in [2.05, 4.69) is 46.4 Å². The molecule has 1 saturated heterocycles. The van der Waals surface area contributed by atoms with Crippen molar-refractivity contribution in [3.63, 3.8) is 0 Å². The summed E-state index contributed by atoms with van der Waals surface area (Å²) in [4.78, 5) is 9.74. The Hall–Kier alpha value is -1.79. The van der Waals surface area contributed by atoms with Gasteiger partial charge < -0.3 is 20.3 Å². The van der Waals surface area contributed by atoms with Crippen molar-refractivity contribution >= 4 is 5.96 Å². The zero-order chi connectivity index (χ0) is 18.6. The monoisotopic (exact) mass is 361 g/mol. The summed E-state index contributed by atoms with van der Waals surface area (Å²) in [5.74, 6) is 1.84. The summed E-state index contributed by atoms with van der Waals surface area (Å²) in [6.45, 7) is 13.7. The minimum absolute atomic E-state index is 0.829. The van der Waals surface area contributed by atoms with E-state index in [4.69, 9.17) is 9.73 Å². The SMILES string of the molecule is CCNC(=NCCN1CCN(CC)CC1)NCCc1ccccc1OC. The number of rotatable bonds is 9. The molecule has 1 aromatic carbocycles. The zero-order valence-electron chi connectivity index (χ0n) is 16.6. The quantitative estimate of drug-likeness (QED) is 0.515. The third-order valence-electron chi connectivity index (χ3n) is 4.82. The molecule has 0 spiro atoms. The maximum atomic E-state index is 5.42. The maximum Gasteiger partial charge on any atom is 0.191 e. The largest absolute Gasteiger partial charge is 0.496 e. The molecule has 1 fully saturated rings. The molecule has 0 amide bonds. The van der Waals surface area contributed by atoms with Crippen LogP contribution in [-0.4, -0.2) is 81.8 Å². The molecule has 0 aromatic heterocycles. The van der Waals surface area contributed by atoms with E-state index in [1.807, 2.05) is 12.1 Å². The summed E-state index contributed by atoms with van der Waals surface area (Å²) in [5.41, 5.74) is 1.21. The Kier molecular flexibility index (Phi) is 9.28. The van der Waals surface area contributed by atoms with Crippen molar-refractivity contribution in [2.75, 3.05) is 66.0 Å². The average Bonchev–Trinajstić information content (AvgIpc) is 2.69. The van der Waals surface area contributed by atoms with Gasteiger partial charge in [0.1, 0.15) is 5.75 Å². The number of nitrogens with one attached hydrogen (secondary N) is 2. The summed E-state index contributed by atoms with van der Waals surface area (Å²) in [6.07, 6.45) is 0.910. The second-order valence-electron chi connectivity index (χ2n) is 6.53. The lowest BCUT2D eigenvalue weighted by Gasteiger charge is -2.33. The highest BCUT2D eigenvalue weighted by molar-refractivity contribution is 5.79. The minimum atomic E-state index is 0.829. The molecule has 1 aromatic rings. The fourth-order valence-electron chi connectivity index (χ4n) is 3.20. The molecule has 2 N–H and O–H groups in total. The van der Waals surface area contributed by atoms with Crippen LogP contribution in [0.1, 0.15) is 19.4 Å². The normalized spacial score (nSPS) is 16.5. The van der Waals surface area contributed by atoms with E-state index in [0.29, 0.717) is 0 Å². The van der Waals surface area contributed by atoms with Gasteiger partial charge in [0.05, 0.1) is 13.7 Å². The van der Waals surface area contributed by atoms with Gasteiger partial charge in [0.15, 0.2) is 5.96 Å². The number of benzene rings is 1. The molecule has 1 aliphatic rings. The number of ether oxygens (including phenoxy) is 1. The van der Waals surface area contributed by atoms with Crippen LogP contribution in [-0.2, 0) is 6.42 Å². The maximum absolute atomic E-state index is 5.42. The average molecular weight is 362 g/mol. The van der Waals surface area contributed by atoms with Gasteiger partial charge >= 0.3 is 0 Å². The first-order valence-corrected chi connectivity index (χ1v) is 9.85. The van der Waals surface area contributed by atoms with Gasteiger partial charge in [-0.1, -0.05) is 25.1 Å². The van der Waals surface area contributed by atoms with Gasteiger partial charge in [0.25, 0.3) is 0 Å². The summed E-state index contributed by atoms with van der Waals surface area (Å²) in [6, 6.07) is 8.17. The molecule has 2 rings (SSSR count). The van der Waals surface area contributed by atoms with Crippen molar-refractivity contribution in [2.24, 2.45) is 4.99 Å². The number of guanidine groups is 1. The molecule has 0 unspecified atom stereocenters. The molecule has 6 nitrogen and oxygen atoms in total. The first-order chi connectivity index (χ1) is 12.8. The van der Waals surface area contributed by atoms with Crippen LogP contribution in [0.5, 0.6) is 5.75 Å². The predicted molar refractivity (Wildman–Crippen MR) is 109 cm³/mol. The summed E-state index contributed by atoms with van der Waals surface area (Å²) >= 11 is 0.